The summed E-state index contributed by atoms with van der Waals surface area (Å²) >= 11 is 11.9. The number of nitrogens with one attached hydrogen (secondary N) is 1. The molecular weight excluding hydrogens is 309 g/mol. The highest BCUT2D eigenvalue weighted by Crippen LogP contribution is 2.29. The molecule has 0 aliphatic heterocycles. The van der Waals surface area contributed by atoms with Gasteiger partial charge in [0, 0.05) is 11.6 Å². The van der Waals surface area contributed by atoms with E-state index in [9.17, 15) is 4.79 Å². The van der Waals surface area contributed by atoms with E-state index in [-0.39, 0.29) is 5.91 Å². The lowest BCUT2D eigenvalue weighted by Gasteiger charge is -2.06. The van der Waals surface area contributed by atoms with Gasteiger partial charge < -0.3 is 10.1 Å². The number of hydrogen-bond donors (Lipinski definition) is 1. The van der Waals surface area contributed by atoms with E-state index in [4.69, 9.17) is 27.9 Å². The SMILES string of the molecule is COc1ccccc1/C=C/C(=O)Nc1cccc(Cl)c1Cl. The van der Waals surface area contributed by atoms with Crippen LogP contribution in [0.2, 0.25) is 10.0 Å². The van der Waals surface area contributed by atoms with Crippen LogP contribution in [-0.2, 0) is 4.79 Å². The minimum atomic E-state index is -0.301. The third-order valence-corrected chi connectivity index (χ3v) is 3.58. The standard InChI is InChI=1S/C16H13Cl2NO2/c1-21-14-8-3-2-5-11(14)9-10-15(20)19-13-7-4-6-12(17)16(13)18/h2-10H,1H3,(H,19,20)/b10-9+. The topological polar surface area (TPSA) is 38.3 Å². The number of amides is 1. The Labute approximate surface area is 133 Å². The summed E-state index contributed by atoms with van der Waals surface area (Å²) in [4.78, 5) is 11.9. The molecule has 0 aliphatic rings. The largest absolute Gasteiger partial charge is 0.496 e. The molecule has 1 amide bonds. The van der Waals surface area contributed by atoms with E-state index < -0.39 is 0 Å². The summed E-state index contributed by atoms with van der Waals surface area (Å²) in [6.45, 7) is 0. The highest BCUT2D eigenvalue weighted by molar-refractivity contribution is 6.44. The maximum Gasteiger partial charge on any atom is 0.248 e. The van der Waals surface area contributed by atoms with Gasteiger partial charge in [0.15, 0.2) is 0 Å². The van der Waals surface area contributed by atoms with Gasteiger partial charge in [0.05, 0.1) is 22.8 Å². The van der Waals surface area contributed by atoms with Crippen molar-refractivity contribution < 1.29 is 9.53 Å². The number of ether oxygens (including phenoxy) is 1. The van der Waals surface area contributed by atoms with E-state index in [0.717, 1.165) is 5.56 Å². The van der Waals surface area contributed by atoms with Crippen molar-refractivity contribution in [3.8, 4) is 5.75 Å². The van der Waals surface area contributed by atoms with E-state index in [1.807, 2.05) is 24.3 Å². The van der Waals surface area contributed by atoms with Crippen molar-refractivity contribution in [2.75, 3.05) is 12.4 Å². The number of rotatable bonds is 4. The maximum atomic E-state index is 11.9. The van der Waals surface area contributed by atoms with E-state index >= 15 is 0 Å². The number of benzene rings is 2. The summed E-state index contributed by atoms with van der Waals surface area (Å²) < 4.78 is 5.21. The molecule has 0 saturated heterocycles. The molecule has 0 bridgehead atoms. The average molecular weight is 322 g/mol. The van der Waals surface area contributed by atoms with Crippen molar-refractivity contribution in [1.82, 2.24) is 0 Å². The quantitative estimate of drug-likeness (QED) is 0.832. The maximum absolute atomic E-state index is 11.9. The van der Waals surface area contributed by atoms with Crippen LogP contribution in [0.3, 0.4) is 0 Å². The fraction of sp³-hybridized carbons (Fsp3) is 0.0625. The van der Waals surface area contributed by atoms with Crippen LogP contribution in [0.5, 0.6) is 5.75 Å². The number of anilines is 1. The first-order valence-electron chi connectivity index (χ1n) is 6.18. The molecule has 0 aliphatic carbocycles. The Morgan fingerprint density at radius 2 is 1.90 bits per heavy atom. The van der Waals surface area contributed by atoms with Gasteiger partial charge in [-0.25, -0.2) is 0 Å². The number of methoxy groups -OCH3 is 1. The van der Waals surface area contributed by atoms with Gasteiger partial charge in [-0.15, -0.1) is 0 Å². The third-order valence-electron chi connectivity index (χ3n) is 2.76. The predicted octanol–water partition coefficient (Wildman–Crippen LogP) is 4.65. The normalized spacial score (nSPS) is 10.6. The van der Waals surface area contributed by atoms with Crippen molar-refractivity contribution >= 4 is 40.9 Å². The molecule has 0 saturated carbocycles. The number of carbonyl (C=O) groups excluding carboxylic acids is 1. The zero-order chi connectivity index (χ0) is 15.2. The average Bonchev–Trinajstić information content (AvgIpc) is 2.50. The van der Waals surface area contributed by atoms with Crippen LogP contribution in [0.1, 0.15) is 5.56 Å². The summed E-state index contributed by atoms with van der Waals surface area (Å²) in [5.41, 5.74) is 1.28. The molecule has 5 heteroatoms. The van der Waals surface area contributed by atoms with Gasteiger partial charge in [-0.1, -0.05) is 47.5 Å². The van der Waals surface area contributed by atoms with E-state index in [0.29, 0.717) is 21.5 Å². The molecule has 0 unspecified atom stereocenters. The molecule has 0 radical (unpaired) electrons. The molecule has 2 aromatic rings. The molecule has 108 valence electrons. The Kier molecular flexibility index (Phi) is 5.26. The molecule has 0 spiro atoms. The highest BCUT2D eigenvalue weighted by atomic mass is 35.5. The second kappa shape index (κ2) is 7.16. The number of para-hydroxylation sites is 1. The van der Waals surface area contributed by atoms with Crippen LogP contribution in [0, 0.1) is 0 Å². The van der Waals surface area contributed by atoms with Crippen molar-refractivity contribution in [2.24, 2.45) is 0 Å². The van der Waals surface area contributed by atoms with Gasteiger partial charge >= 0.3 is 0 Å². The molecule has 21 heavy (non-hydrogen) atoms. The van der Waals surface area contributed by atoms with E-state index in [1.165, 1.54) is 6.08 Å². The van der Waals surface area contributed by atoms with Crippen LogP contribution < -0.4 is 10.1 Å². The number of halogens is 2. The van der Waals surface area contributed by atoms with Crippen LogP contribution >= 0.6 is 23.2 Å². The number of carbonyl (C=O) groups is 1. The van der Waals surface area contributed by atoms with E-state index in [1.54, 1.807) is 31.4 Å². The summed E-state index contributed by atoms with van der Waals surface area (Å²) in [6, 6.07) is 12.5. The second-order valence-corrected chi connectivity index (χ2v) is 4.95. The molecule has 0 aromatic heterocycles. The molecule has 1 N–H and O–H groups in total. The van der Waals surface area contributed by atoms with Crippen LogP contribution in [0.4, 0.5) is 5.69 Å². The Hall–Kier alpha value is -1.97. The van der Waals surface area contributed by atoms with Gasteiger partial charge in [0.1, 0.15) is 5.75 Å². The van der Waals surface area contributed by atoms with E-state index in [2.05, 4.69) is 5.32 Å². The Balaban J connectivity index is 2.11. The van der Waals surface area contributed by atoms with Gasteiger partial charge in [-0.05, 0) is 24.3 Å². The van der Waals surface area contributed by atoms with Crippen molar-refractivity contribution in [3.63, 3.8) is 0 Å². The fourth-order valence-corrected chi connectivity index (χ4v) is 2.09. The second-order valence-electron chi connectivity index (χ2n) is 4.17. The summed E-state index contributed by atoms with van der Waals surface area (Å²) in [5.74, 6) is 0.396. The first-order chi connectivity index (χ1) is 10.1. The Morgan fingerprint density at radius 3 is 2.67 bits per heavy atom. The fourth-order valence-electron chi connectivity index (χ4n) is 1.74. The third kappa shape index (κ3) is 4.00. The van der Waals surface area contributed by atoms with Gasteiger partial charge in [0.25, 0.3) is 0 Å². The molecule has 3 nitrogen and oxygen atoms in total. The zero-order valence-corrected chi connectivity index (χ0v) is 12.8. The zero-order valence-electron chi connectivity index (χ0n) is 11.3. The van der Waals surface area contributed by atoms with Crippen LogP contribution in [0.15, 0.2) is 48.5 Å². The number of hydrogen-bond acceptors (Lipinski definition) is 2. The monoisotopic (exact) mass is 321 g/mol. The minimum absolute atomic E-state index is 0.301. The van der Waals surface area contributed by atoms with Crippen molar-refractivity contribution in [1.29, 1.82) is 0 Å². The summed E-state index contributed by atoms with van der Waals surface area (Å²) in [7, 11) is 1.58. The van der Waals surface area contributed by atoms with Crippen LogP contribution in [-0.4, -0.2) is 13.0 Å². The molecule has 0 atom stereocenters. The summed E-state index contributed by atoms with van der Waals surface area (Å²) in [6.07, 6.45) is 3.09. The first-order valence-corrected chi connectivity index (χ1v) is 6.93. The first kappa shape index (κ1) is 15.4. The van der Waals surface area contributed by atoms with Gasteiger partial charge in [-0.3, -0.25) is 4.79 Å². The van der Waals surface area contributed by atoms with Gasteiger partial charge in [0.2, 0.25) is 5.91 Å². The van der Waals surface area contributed by atoms with Crippen molar-refractivity contribution in [3.05, 3.63) is 64.1 Å². The summed E-state index contributed by atoms with van der Waals surface area (Å²) in [5, 5.41) is 3.39. The smallest absolute Gasteiger partial charge is 0.248 e. The molecule has 2 aromatic carbocycles. The molecular formula is C16H13Cl2NO2. The molecule has 0 fully saturated rings. The predicted molar refractivity (Wildman–Crippen MR) is 87.1 cm³/mol. The molecule has 2 rings (SSSR count). The van der Waals surface area contributed by atoms with Crippen molar-refractivity contribution in [2.45, 2.75) is 0 Å². The minimum Gasteiger partial charge on any atom is -0.496 e. The lowest BCUT2D eigenvalue weighted by atomic mass is 10.2. The Bertz CT molecular complexity index is 684. The lowest BCUT2D eigenvalue weighted by Crippen LogP contribution is -2.08. The highest BCUT2D eigenvalue weighted by Gasteiger charge is 2.06. The Morgan fingerprint density at radius 1 is 1.14 bits per heavy atom. The molecule has 0 heterocycles. The lowest BCUT2D eigenvalue weighted by molar-refractivity contribution is -0.111. The van der Waals surface area contributed by atoms with Gasteiger partial charge in [-0.2, -0.15) is 0 Å². The van der Waals surface area contributed by atoms with Crippen LogP contribution in [0.25, 0.3) is 6.08 Å².